The Hall–Kier alpha value is -1.87. The van der Waals surface area contributed by atoms with Crippen LogP contribution in [0, 0.1) is 5.82 Å². The van der Waals surface area contributed by atoms with E-state index in [-0.39, 0.29) is 11.4 Å². The van der Waals surface area contributed by atoms with Gasteiger partial charge in [-0.3, -0.25) is 4.31 Å². The molecule has 0 radical (unpaired) electrons. The van der Waals surface area contributed by atoms with Crippen LogP contribution >= 0.6 is 0 Å². The molecule has 2 rings (SSSR count). The van der Waals surface area contributed by atoms with E-state index in [2.05, 4.69) is 15.5 Å². The van der Waals surface area contributed by atoms with Crippen LogP contribution in [0.2, 0.25) is 0 Å². The third kappa shape index (κ3) is 5.05. The fourth-order valence-corrected chi connectivity index (χ4v) is 4.28. The third-order valence-corrected chi connectivity index (χ3v) is 6.06. The fourth-order valence-electron chi connectivity index (χ4n) is 2.73. The van der Waals surface area contributed by atoms with Crippen LogP contribution in [0.5, 0.6) is 0 Å². The first-order valence-electron chi connectivity index (χ1n) is 8.44. The van der Waals surface area contributed by atoms with Gasteiger partial charge in [-0.25, -0.2) is 17.6 Å². The lowest BCUT2D eigenvalue weighted by Gasteiger charge is -2.19. The zero-order chi connectivity index (χ0) is 18.4. The summed E-state index contributed by atoms with van der Waals surface area (Å²) in [6, 6.07) is 3.39. The van der Waals surface area contributed by atoms with Crippen molar-refractivity contribution < 1.29 is 17.6 Å². The Labute approximate surface area is 148 Å². The zero-order valence-corrected chi connectivity index (χ0v) is 15.4. The van der Waals surface area contributed by atoms with Crippen molar-refractivity contribution in [2.24, 2.45) is 0 Å². The van der Waals surface area contributed by atoms with E-state index in [0.29, 0.717) is 31.7 Å². The molecule has 0 aromatic heterocycles. The number of benzene rings is 1. The zero-order valence-electron chi connectivity index (χ0n) is 14.6. The molecule has 1 aliphatic heterocycles. The lowest BCUT2D eigenvalue weighted by Crippen LogP contribution is -2.37. The number of rotatable bonds is 7. The molecule has 2 amide bonds. The average molecular weight is 372 g/mol. The van der Waals surface area contributed by atoms with Crippen molar-refractivity contribution in [3.05, 3.63) is 24.0 Å². The topological polar surface area (TPSA) is 81.8 Å². The van der Waals surface area contributed by atoms with E-state index in [0.717, 1.165) is 19.2 Å². The van der Waals surface area contributed by atoms with Crippen molar-refractivity contribution in [1.29, 1.82) is 0 Å². The number of anilines is 2. The Morgan fingerprint density at radius 2 is 2.04 bits per heavy atom. The molecule has 0 saturated carbocycles. The van der Waals surface area contributed by atoms with Crippen LogP contribution < -0.4 is 14.9 Å². The van der Waals surface area contributed by atoms with Gasteiger partial charge in [0.1, 0.15) is 5.82 Å². The highest BCUT2D eigenvalue weighted by Crippen LogP contribution is 2.28. The molecule has 9 heteroatoms. The molecule has 0 aliphatic carbocycles. The predicted octanol–water partition coefficient (Wildman–Crippen LogP) is 1.83. The summed E-state index contributed by atoms with van der Waals surface area (Å²) in [7, 11) is -3.35. The van der Waals surface area contributed by atoms with Gasteiger partial charge in [0.05, 0.1) is 17.1 Å². The second-order valence-electron chi connectivity index (χ2n) is 5.81. The van der Waals surface area contributed by atoms with Gasteiger partial charge in [0.15, 0.2) is 0 Å². The summed E-state index contributed by atoms with van der Waals surface area (Å²) >= 11 is 0. The van der Waals surface area contributed by atoms with Crippen LogP contribution in [-0.4, -0.2) is 57.8 Å². The number of sulfonamides is 1. The SMILES string of the molecule is CCN(CC)CCNC(=O)Nc1cc(N2CCCS2(=O)=O)ccc1F. The Bertz CT molecular complexity index is 707. The lowest BCUT2D eigenvalue weighted by atomic mass is 10.2. The summed E-state index contributed by atoms with van der Waals surface area (Å²) in [4.78, 5) is 14.1. The highest BCUT2D eigenvalue weighted by Gasteiger charge is 2.28. The van der Waals surface area contributed by atoms with Crippen LogP contribution in [0.15, 0.2) is 18.2 Å². The summed E-state index contributed by atoms with van der Waals surface area (Å²) in [6.45, 7) is 7.36. The van der Waals surface area contributed by atoms with Gasteiger partial charge in [0.2, 0.25) is 10.0 Å². The number of carbonyl (C=O) groups is 1. The summed E-state index contributed by atoms with van der Waals surface area (Å²) in [5, 5.41) is 5.12. The van der Waals surface area contributed by atoms with Crippen molar-refractivity contribution in [1.82, 2.24) is 10.2 Å². The molecule has 0 unspecified atom stereocenters. The largest absolute Gasteiger partial charge is 0.337 e. The van der Waals surface area contributed by atoms with E-state index in [9.17, 15) is 17.6 Å². The van der Waals surface area contributed by atoms with Gasteiger partial charge in [0, 0.05) is 19.6 Å². The van der Waals surface area contributed by atoms with Crippen molar-refractivity contribution in [3.8, 4) is 0 Å². The van der Waals surface area contributed by atoms with Crippen molar-refractivity contribution >= 4 is 27.4 Å². The van der Waals surface area contributed by atoms with Gasteiger partial charge in [-0.15, -0.1) is 0 Å². The molecule has 25 heavy (non-hydrogen) atoms. The number of urea groups is 1. The average Bonchev–Trinajstić information content (AvgIpc) is 2.93. The molecular formula is C16H25FN4O3S. The van der Waals surface area contributed by atoms with Gasteiger partial charge in [-0.05, 0) is 37.7 Å². The second-order valence-corrected chi connectivity index (χ2v) is 7.83. The third-order valence-electron chi connectivity index (χ3n) is 4.19. The van der Waals surface area contributed by atoms with Crippen LogP contribution in [0.25, 0.3) is 0 Å². The molecule has 1 heterocycles. The van der Waals surface area contributed by atoms with E-state index >= 15 is 0 Å². The number of amides is 2. The summed E-state index contributed by atoms with van der Waals surface area (Å²) in [5.41, 5.74) is 0.317. The maximum Gasteiger partial charge on any atom is 0.319 e. The van der Waals surface area contributed by atoms with Crippen molar-refractivity contribution in [3.63, 3.8) is 0 Å². The van der Waals surface area contributed by atoms with Gasteiger partial charge in [-0.2, -0.15) is 0 Å². The lowest BCUT2D eigenvalue weighted by molar-refractivity contribution is 0.247. The quantitative estimate of drug-likeness (QED) is 0.765. The van der Waals surface area contributed by atoms with Crippen LogP contribution in [-0.2, 0) is 10.0 Å². The van der Waals surface area contributed by atoms with E-state index in [1.165, 1.54) is 16.4 Å². The summed E-state index contributed by atoms with van der Waals surface area (Å²) in [6.07, 6.45) is 0.536. The molecule has 1 fully saturated rings. The Kier molecular flexibility index (Phi) is 6.60. The molecule has 0 bridgehead atoms. The number of likely N-dealkylation sites (N-methyl/N-ethyl adjacent to an activating group) is 1. The second kappa shape index (κ2) is 8.48. The molecule has 1 saturated heterocycles. The van der Waals surface area contributed by atoms with E-state index in [1.54, 1.807) is 0 Å². The van der Waals surface area contributed by atoms with Crippen LogP contribution in [0.3, 0.4) is 0 Å². The Morgan fingerprint density at radius 1 is 1.32 bits per heavy atom. The maximum absolute atomic E-state index is 14.0. The number of nitrogens with one attached hydrogen (secondary N) is 2. The molecule has 1 aromatic carbocycles. The monoisotopic (exact) mass is 372 g/mol. The minimum atomic E-state index is -3.35. The van der Waals surface area contributed by atoms with Crippen LogP contribution in [0.4, 0.5) is 20.6 Å². The van der Waals surface area contributed by atoms with Gasteiger partial charge in [0.25, 0.3) is 0 Å². The molecule has 1 aromatic rings. The van der Waals surface area contributed by atoms with Gasteiger partial charge >= 0.3 is 6.03 Å². The standard InChI is InChI=1S/C16H25FN4O3S/c1-3-20(4-2)10-8-18-16(22)19-15-12-13(6-7-14(15)17)21-9-5-11-25(21,23)24/h6-7,12H,3-5,8-11H2,1-2H3,(H2,18,19,22). The summed E-state index contributed by atoms with van der Waals surface area (Å²) in [5.74, 6) is -0.529. The molecule has 2 N–H and O–H groups in total. The molecular weight excluding hydrogens is 347 g/mol. The Morgan fingerprint density at radius 3 is 2.64 bits per heavy atom. The van der Waals surface area contributed by atoms with E-state index in [4.69, 9.17) is 0 Å². The molecule has 140 valence electrons. The molecule has 7 nitrogen and oxygen atoms in total. The van der Waals surface area contributed by atoms with Crippen molar-refractivity contribution in [2.75, 3.05) is 48.1 Å². The molecule has 0 atom stereocenters. The van der Waals surface area contributed by atoms with E-state index < -0.39 is 21.9 Å². The first-order chi connectivity index (χ1) is 11.9. The highest BCUT2D eigenvalue weighted by atomic mass is 32.2. The molecule has 1 aliphatic rings. The number of hydrogen-bond donors (Lipinski definition) is 2. The van der Waals surface area contributed by atoms with Gasteiger partial charge in [-0.1, -0.05) is 13.8 Å². The minimum Gasteiger partial charge on any atom is -0.337 e. The number of hydrogen-bond acceptors (Lipinski definition) is 4. The molecule has 0 spiro atoms. The number of carbonyl (C=O) groups excluding carboxylic acids is 1. The van der Waals surface area contributed by atoms with Gasteiger partial charge < -0.3 is 15.5 Å². The predicted molar refractivity (Wildman–Crippen MR) is 97.0 cm³/mol. The van der Waals surface area contributed by atoms with Crippen molar-refractivity contribution in [2.45, 2.75) is 20.3 Å². The number of nitrogens with zero attached hydrogens (tertiary/aromatic N) is 2. The smallest absolute Gasteiger partial charge is 0.319 e. The van der Waals surface area contributed by atoms with Crippen LogP contribution in [0.1, 0.15) is 20.3 Å². The minimum absolute atomic E-state index is 0.0417. The maximum atomic E-state index is 14.0. The number of halogens is 1. The highest BCUT2D eigenvalue weighted by molar-refractivity contribution is 7.93. The first-order valence-corrected chi connectivity index (χ1v) is 10.1. The first kappa shape index (κ1) is 19.5. The normalized spacial score (nSPS) is 16.2. The fraction of sp³-hybridized carbons (Fsp3) is 0.562. The Balaban J connectivity index is 1.99. The summed E-state index contributed by atoms with van der Waals surface area (Å²) < 4.78 is 39.1. The van der Waals surface area contributed by atoms with E-state index in [1.807, 2.05) is 13.8 Å².